The van der Waals surface area contributed by atoms with Crippen molar-refractivity contribution in [1.29, 1.82) is 0 Å². The van der Waals surface area contributed by atoms with Crippen LogP contribution in [0, 0.1) is 5.41 Å². The Bertz CT molecular complexity index is 125. The van der Waals surface area contributed by atoms with Gasteiger partial charge in [-0.05, 0) is 12.8 Å². The molecule has 0 bridgehead atoms. The Morgan fingerprint density at radius 2 is 1.82 bits per heavy atom. The first-order valence-corrected chi connectivity index (χ1v) is 4.58. The summed E-state index contributed by atoms with van der Waals surface area (Å²) < 4.78 is 0. The molecule has 0 aliphatic heterocycles. The van der Waals surface area contributed by atoms with Gasteiger partial charge in [0.15, 0.2) is 0 Å². The summed E-state index contributed by atoms with van der Waals surface area (Å²) in [7, 11) is 0. The van der Waals surface area contributed by atoms with Gasteiger partial charge in [0.05, 0.1) is 0 Å². The zero-order valence-corrected chi connectivity index (χ0v) is 8.24. The van der Waals surface area contributed by atoms with E-state index in [1.807, 2.05) is 13.8 Å². The van der Waals surface area contributed by atoms with Gasteiger partial charge in [0, 0.05) is 11.8 Å². The summed E-state index contributed by atoms with van der Waals surface area (Å²) in [4.78, 5) is 11.5. The van der Waals surface area contributed by atoms with Crippen molar-refractivity contribution < 1.29 is 4.79 Å². The summed E-state index contributed by atoms with van der Waals surface area (Å²) in [5.41, 5.74) is -0.0881. The maximum Gasteiger partial charge on any atom is 0.138 e. The fraction of sp³-hybridized carbons (Fsp3) is 0.900. The molecule has 0 atom stereocenters. The molecule has 0 radical (unpaired) electrons. The van der Waals surface area contributed by atoms with Gasteiger partial charge in [0.25, 0.3) is 0 Å². The van der Waals surface area contributed by atoms with Crippen molar-refractivity contribution in [2.45, 2.75) is 53.4 Å². The molecule has 0 fully saturated rings. The Morgan fingerprint density at radius 3 is 2.18 bits per heavy atom. The van der Waals surface area contributed by atoms with E-state index in [0.29, 0.717) is 5.78 Å². The van der Waals surface area contributed by atoms with Gasteiger partial charge in [-0.15, -0.1) is 0 Å². The Hall–Kier alpha value is -0.330. The van der Waals surface area contributed by atoms with E-state index in [-0.39, 0.29) is 5.41 Å². The maximum atomic E-state index is 11.5. The minimum absolute atomic E-state index is 0.0881. The van der Waals surface area contributed by atoms with Crippen molar-refractivity contribution in [3.8, 4) is 0 Å². The van der Waals surface area contributed by atoms with Gasteiger partial charge in [0.2, 0.25) is 0 Å². The highest BCUT2D eigenvalue weighted by Gasteiger charge is 2.23. The molecule has 0 aromatic rings. The van der Waals surface area contributed by atoms with Gasteiger partial charge in [-0.1, -0.05) is 34.1 Å². The van der Waals surface area contributed by atoms with Crippen LogP contribution in [0.1, 0.15) is 53.4 Å². The van der Waals surface area contributed by atoms with Gasteiger partial charge in [0.1, 0.15) is 5.78 Å². The van der Waals surface area contributed by atoms with Crippen LogP contribution in [0.2, 0.25) is 0 Å². The molecular formula is C10H20O. The second-order valence-electron chi connectivity index (χ2n) is 3.76. The van der Waals surface area contributed by atoms with Crippen LogP contribution in [-0.2, 0) is 4.79 Å². The van der Waals surface area contributed by atoms with E-state index < -0.39 is 0 Å². The summed E-state index contributed by atoms with van der Waals surface area (Å²) in [6, 6.07) is 0. The number of rotatable bonds is 5. The van der Waals surface area contributed by atoms with Crippen molar-refractivity contribution in [2.24, 2.45) is 5.41 Å². The molecule has 0 spiro atoms. The fourth-order valence-corrected chi connectivity index (χ4v) is 0.873. The molecule has 0 saturated heterocycles. The lowest BCUT2D eigenvalue weighted by Crippen LogP contribution is -2.22. The van der Waals surface area contributed by atoms with Crippen LogP contribution in [0.3, 0.4) is 0 Å². The highest BCUT2D eigenvalue weighted by molar-refractivity contribution is 5.83. The second-order valence-corrected chi connectivity index (χ2v) is 3.76. The summed E-state index contributed by atoms with van der Waals surface area (Å²) in [6.45, 7) is 8.26. The Morgan fingerprint density at radius 1 is 1.27 bits per heavy atom. The molecule has 0 unspecified atom stereocenters. The van der Waals surface area contributed by atoms with E-state index in [0.717, 1.165) is 25.7 Å². The summed E-state index contributed by atoms with van der Waals surface area (Å²) >= 11 is 0. The molecule has 0 heterocycles. The van der Waals surface area contributed by atoms with Crippen molar-refractivity contribution >= 4 is 5.78 Å². The maximum absolute atomic E-state index is 11.5. The lowest BCUT2D eigenvalue weighted by molar-refractivity contribution is -0.127. The molecule has 66 valence electrons. The second kappa shape index (κ2) is 4.53. The average molecular weight is 156 g/mol. The molecule has 1 heteroatoms. The van der Waals surface area contributed by atoms with Gasteiger partial charge in [-0.2, -0.15) is 0 Å². The third-order valence-electron chi connectivity index (χ3n) is 2.40. The van der Waals surface area contributed by atoms with Crippen LogP contribution in [0.25, 0.3) is 0 Å². The normalized spacial score (nSPS) is 11.6. The largest absolute Gasteiger partial charge is 0.299 e. The van der Waals surface area contributed by atoms with E-state index in [4.69, 9.17) is 0 Å². The van der Waals surface area contributed by atoms with E-state index in [1.54, 1.807) is 0 Å². The topological polar surface area (TPSA) is 17.1 Å². The first-order valence-electron chi connectivity index (χ1n) is 4.58. The highest BCUT2D eigenvalue weighted by Crippen LogP contribution is 2.23. The van der Waals surface area contributed by atoms with Crippen molar-refractivity contribution in [1.82, 2.24) is 0 Å². The Kier molecular flexibility index (Phi) is 4.39. The van der Waals surface area contributed by atoms with E-state index >= 15 is 0 Å². The van der Waals surface area contributed by atoms with E-state index in [1.165, 1.54) is 0 Å². The molecule has 0 aliphatic carbocycles. The average Bonchev–Trinajstić information content (AvgIpc) is 2.00. The number of ketones is 1. The van der Waals surface area contributed by atoms with Crippen LogP contribution in [0.5, 0.6) is 0 Å². The fourth-order valence-electron chi connectivity index (χ4n) is 0.873. The van der Waals surface area contributed by atoms with Crippen LogP contribution < -0.4 is 0 Å². The molecule has 1 nitrogen and oxygen atoms in total. The summed E-state index contributed by atoms with van der Waals surface area (Å²) in [5, 5.41) is 0. The highest BCUT2D eigenvalue weighted by atomic mass is 16.1. The molecular weight excluding hydrogens is 136 g/mol. The smallest absolute Gasteiger partial charge is 0.138 e. The zero-order chi connectivity index (χ0) is 8.91. The van der Waals surface area contributed by atoms with Crippen LogP contribution in [0.15, 0.2) is 0 Å². The number of carbonyl (C=O) groups excluding carboxylic acids is 1. The van der Waals surface area contributed by atoms with E-state index in [9.17, 15) is 4.79 Å². The Labute approximate surface area is 70.2 Å². The van der Waals surface area contributed by atoms with Crippen molar-refractivity contribution in [3.05, 3.63) is 0 Å². The van der Waals surface area contributed by atoms with Gasteiger partial charge < -0.3 is 0 Å². The molecule has 0 aromatic heterocycles. The zero-order valence-electron chi connectivity index (χ0n) is 8.24. The van der Waals surface area contributed by atoms with Crippen LogP contribution in [0.4, 0.5) is 0 Å². The molecule has 0 rings (SSSR count). The minimum atomic E-state index is -0.0881. The summed E-state index contributed by atoms with van der Waals surface area (Å²) in [5.74, 6) is 0.418. The molecule has 0 amide bonds. The molecule has 0 saturated carbocycles. The molecule has 0 aliphatic rings. The lowest BCUT2D eigenvalue weighted by atomic mass is 9.83. The van der Waals surface area contributed by atoms with Crippen LogP contribution in [-0.4, -0.2) is 5.78 Å². The number of carbonyl (C=O) groups is 1. The third kappa shape index (κ3) is 3.54. The van der Waals surface area contributed by atoms with Crippen molar-refractivity contribution in [2.75, 3.05) is 0 Å². The molecule has 0 N–H and O–H groups in total. The van der Waals surface area contributed by atoms with E-state index in [2.05, 4.69) is 13.8 Å². The lowest BCUT2D eigenvalue weighted by Gasteiger charge is -2.20. The Balaban J connectivity index is 3.82. The molecule has 11 heavy (non-hydrogen) atoms. The molecule has 0 aromatic carbocycles. The van der Waals surface area contributed by atoms with Crippen molar-refractivity contribution in [3.63, 3.8) is 0 Å². The predicted octanol–water partition coefficient (Wildman–Crippen LogP) is 3.18. The van der Waals surface area contributed by atoms with Gasteiger partial charge in [-0.25, -0.2) is 0 Å². The minimum Gasteiger partial charge on any atom is -0.299 e. The SMILES string of the molecule is CCCCC(=O)C(C)(C)CC. The predicted molar refractivity (Wildman–Crippen MR) is 48.6 cm³/mol. The number of Topliss-reactive ketones (excluding diaryl/α,β-unsaturated/α-hetero) is 1. The first kappa shape index (κ1) is 10.7. The first-order chi connectivity index (χ1) is 5.04. The summed E-state index contributed by atoms with van der Waals surface area (Å²) in [6.07, 6.45) is 3.88. The third-order valence-corrected chi connectivity index (χ3v) is 2.40. The quantitative estimate of drug-likeness (QED) is 0.597. The number of hydrogen-bond donors (Lipinski definition) is 0. The standard InChI is InChI=1S/C10H20O/c1-5-7-8-9(11)10(3,4)6-2/h5-8H2,1-4H3. The monoisotopic (exact) mass is 156 g/mol. The van der Waals surface area contributed by atoms with Gasteiger partial charge >= 0.3 is 0 Å². The number of unbranched alkanes of at least 4 members (excludes halogenated alkanes) is 1. The van der Waals surface area contributed by atoms with Gasteiger partial charge in [-0.3, -0.25) is 4.79 Å². The number of hydrogen-bond acceptors (Lipinski definition) is 1. The van der Waals surface area contributed by atoms with Crippen LogP contribution >= 0.6 is 0 Å².